The molecule has 3 rings (SSSR count). The number of carbonyl (C=O) groups excluding carboxylic acids is 1. The van der Waals surface area contributed by atoms with E-state index in [9.17, 15) is 26.4 Å². The standard InChI is InChI=1S/C21H20F3N5O3S/c1-13-19(14(2)29(3)27-13)12-25-26-20(30)15-6-4-9-18(10-15)33(31,32)28-17-8-5-7-16(11-17)21(22,23)24/h4-12,28H,1-3H3,(H,26,30)/b25-12+. The summed E-state index contributed by atoms with van der Waals surface area (Å²) >= 11 is 0. The zero-order valence-corrected chi connectivity index (χ0v) is 18.6. The molecule has 0 saturated carbocycles. The lowest BCUT2D eigenvalue weighted by molar-refractivity contribution is -0.137. The number of alkyl halides is 3. The van der Waals surface area contributed by atoms with Crippen molar-refractivity contribution in [3.63, 3.8) is 0 Å². The van der Waals surface area contributed by atoms with Gasteiger partial charge in [-0.05, 0) is 50.2 Å². The summed E-state index contributed by atoms with van der Waals surface area (Å²) in [4.78, 5) is 12.1. The number of halogens is 3. The summed E-state index contributed by atoms with van der Waals surface area (Å²) in [6.45, 7) is 3.64. The van der Waals surface area contributed by atoms with Crippen molar-refractivity contribution < 1.29 is 26.4 Å². The molecule has 1 amide bonds. The topological polar surface area (TPSA) is 105 Å². The highest BCUT2D eigenvalue weighted by atomic mass is 32.2. The molecule has 0 fully saturated rings. The Balaban J connectivity index is 1.77. The molecule has 1 heterocycles. The van der Waals surface area contributed by atoms with Gasteiger partial charge in [-0.2, -0.15) is 23.4 Å². The minimum atomic E-state index is -4.62. The number of aromatic nitrogens is 2. The molecule has 2 N–H and O–H groups in total. The van der Waals surface area contributed by atoms with Crippen molar-refractivity contribution in [3.05, 3.63) is 76.6 Å². The number of benzene rings is 2. The number of nitrogens with one attached hydrogen (secondary N) is 2. The van der Waals surface area contributed by atoms with Crippen LogP contribution in [-0.2, 0) is 23.2 Å². The van der Waals surface area contributed by atoms with Crippen molar-refractivity contribution in [3.8, 4) is 0 Å². The van der Waals surface area contributed by atoms with Crippen molar-refractivity contribution in [1.82, 2.24) is 15.2 Å². The number of hydrogen-bond acceptors (Lipinski definition) is 5. The van der Waals surface area contributed by atoms with Gasteiger partial charge in [-0.3, -0.25) is 14.2 Å². The van der Waals surface area contributed by atoms with Crippen molar-refractivity contribution >= 4 is 27.8 Å². The fourth-order valence-electron chi connectivity index (χ4n) is 2.97. The molecule has 0 saturated heterocycles. The van der Waals surface area contributed by atoms with Crippen LogP contribution >= 0.6 is 0 Å². The zero-order chi connectivity index (χ0) is 24.4. The van der Waals surface area contributed by atoms with E-state index in [0.717, 1.165) is 35.2 Å². The van der Waals surface area contributed by atoms with Gasteiger partial charge in [0.2, 0.25) is 0 Å². The second-order valence-electron chi connectivity index (χ2n) is 7.12. The number of hydrogen-bond donors (Lipinski definition) is 2. The van der Waals surface area contributed by atoms with E-state index < -0.39 is 27.7 Å². The van der Waals surface area contributed by atoms with Gasteiger partial charge in [0.1, 0.15) is 0 Å². The Morgan fingerprint density at radius 2 is 1.82 bits per heavy atom. The molecule has 0 unspecified atom stereocenters. The van der Waals surface area contributed by atoms with E-state index in [2.05, 4.69) is 20.3 Å². The number of carbonyl (C=O) groups is 1. The van der Waals surface area contributed by atoms with E-state index in [4.69, 9.17) is 0 Å². The highest BCUT2D eigenvalue weighted by molar-refractivity contribution is 7.92. The van der Waals surface area contributed by atoms with E-state index in [1.54, 1.807) is 18.7 Å². The third-order valence-electron chi connectivity index (χ3n) is 4.77. The van der Waals surface area contributed by atoms with Gasteiger partial charge < -0.3 is 0 Å². The third-order valence-corrected chi connectivity index (χ3v) is 6.15. The molecule has 0 radical (unpaired) electrons. The van der Waals surface area contributed by atoms with Crippen LogP contribution in [0.4, 0.5) is 18.9 Å². The maximum absolute atomic E-state index is 12.9. The van der Waals surface area contributed by atoms with E-state index >= 15 is 0 Å². The summed E-state index contributed by atoms with van der Waals surface area (Å²) in [7, 11) is -2.47. The number of aryl methyl sites for hydroxylation is 2. The number of anilines is 1. The lowest BCUT2D eigenvalue weighted by atomic mass is 10.2. The maximum Gasteiger partial charge on any atom is 0.416 e. The maximum atomic E-state index is 12.9. The molecular formula is C21H20F3N5O3S. The molecule has 8 nitrogen and oxygen atoms in total. The van der Waals surface area contributed by atoms with Gasteiger partial charge in [-0.1, -0.05) is 12.1 Å². The smallest absolute Gasteiger partial charge is 0.280 e. The van der Waals surface area contributed by atoms with Gasteiger partial charge in [0.05, 0.1) is 22.4 Å². The molecule has 0 aliphatic carbocycles. The van der Waals surface area contributed by atoms with Gasteiger partial charge in [0.25, 0.3) is 15.9 Å². The van der Waals surface area contributed by atoms with Crippen LogP contribution < -0.4 is 10.1 Å². The Hall–Kier alpha value is -3.67. The first-order valence-corrected chi connectivity index (χ1v) is 11.0. The summed E-state index contributed by atoms with van der Waals surface area (Å²) in [5.74, 6) is -0.665. The minimum absolute atomic E-state index is 0.00121. The van der Waals surface area contributed by atoms with Gasteiger partial charge in [0.15, 0.2) is 0 Å². The van der Waals surface area contributed by atoms with E-state index in [1.165, 1.54) is 30.5 Å². The van der Waals surface area contributed by atoms with Gasteiger partial charge in [0, 0.05) is 29.6 Å². The Morgan fingerprint density at radius 3 is 2.45 bits per heavy atom. The van der Waals surface area contributed by atoms with Crippen LogP contribution in [-0.4, -0.2) is 30.3 Å². The summed E-state index contributed by atoms with van der Waals surface area (Å²) in [6, 6.07) is 8.85. The molecule has 0 atom stereocenters. The summed E-state index contributed by atoms with van der Waals surface area (Å²) < 4.78 is 67.7. The normalized spacial score (nSPS) is 12.2. The number of hydrazone groups is 1. The first-order valence-electron chi connectivity index (χ1n) is 9.52. The van der Waals surface area contributed by atoms with Crippen molar-refractivity contribution in [2.75, 3.05) is 4.72 Å². The molecule has 12 heteroatoms. The lowest BCUT2D eigenvalue weighted by Crippen LogP contribution is -2.19. The largest absolute Gasteiger partial charge is 0.416 e. The zero-order valence-electron chi connectivity index (χ0n) is 17.8. The number of rotatable bonds is 6. The molecule has 0 spiro atoms. The summed E-state index contributed by atoms with van der Waals surface area (Å²) in [5.41, 5.74) is 3.37. The molecule has 3 aromatic rings. The van der Waals surface area contributed by atoms with Gasteiger partial charge >= 0.3 is 6.18 Å². The third kappa shape index (κ3) is 5.58. The molecule has 2 aromatic carbocycles. The van der Waals surface area contributed by atoms with Crippen LogP contribution in [0.3, 0.4) is 0 Å². The molecule has 1 aromatic heterocycles. The fraction of sp³-hybridized carbons (Fsp3) is 0.190. The fourth-order valence-corrected chi connectivity index (χ4v) is 4.07. The van der Waals surface area contributed by atoms with Gasteiger partial charge in [-0.15, -0.1) is 0 Å². The first-order chi connectivity index (χ1) is 15.4. The molecule has 33 heavy (non-hydrogen) atoms. The Morgan fingerprint density at radius 1 is 1.12 bits per heavy atom. The molecule has 0 aliphatic rings. The van der Waals surface area contributed by atoms with Crippen LogP contribution in [0.25, 0.3) is 0 Å². The highest BCUT2D eigenvalue weighted by Crippen LogP contribution is 2.31. The number of sulfonamides is 1. The van der Waals surface area contributed by atoms with Crippen molar-refractivity contribution in [2.45, 2.75) is 24.9 Å². The molecule has 0 aliphatic heterocycles. The van der Waals surface area contributed by atoms with Crippen molar-refractivity contribution in [2.24, 2.45) is 12.1 Å². The predicted octanol–water partition coefficient (Wildman–Crippen LogP) is 3.62. The highest BCUT2D eigenvalue weighted by Gasteiger charge is 2.30. The van der Waals surface area contributed by atoms with Crippen LogP contribution in [0.15, 0.2) is 58.5 Å². The number of nitrogens with zero attached hydrogens (tertiary/aromatic N) is 3. The van der Waals surface area contributed by atoms with Crippen LogP contribution in [0.1, 0.15) is 32.9 Å². The monoisotopic (exact) mass is 479 g/mol. The second-order valence-corrected chi connectivity index (χ2v) is 8.80. The minimum Gasteiger partial charge on any atom is -0.280 e. The second kappa shape index (κ2) is 9.06. The lowest BCUT2D eigenvalue weighted by Gasteiger charge is -2.12. The summed E-state index contributed by atoms with van der Waals surface area (Å²) in [6.07, 6.45) is -3.18. The molecule has 174 valence electrons. The van der Waals surface area contributed by atoms with Crippen LogP contribution in [0.5, 0.6) is 0 Å². The predicted molar refractivity (Wildman–Crippen MR) is 116 cm³/mol. The van der Waals surface area contributed by atoms with E-state index in [0.29, 0.717) is 6.07 Å². The Labute approximate surface area is 188 Å². The quantitative estimate of drug-likeness (QED) is 0.416. The van der Waals surface area contributed by atoms with Crippen LogP contribution in [0, 0.1) is 13.8 Å². The average molecular weight is 479 g/mol. The van der Waals surface area contributed by atoms with Crippen LogP contribution in [0.2, 0.25) is 0 Å². The number of amides is 1. The van der Waals surface area contributed by atoms with E-state index in [-0.39, 0.29) is 16.1 Å². The van der Waals surface area contributed by atoms with E-state index in [1.807, 2.05) is 6.92 Å². The molecular weight excluding hydrogens is 459 g/mol. The SMILES string of the molecule is Cc1nn(C)c(C)c1/C=N/NC(=O)c1cccc(S(=O)(=O)Nc2cccc(C(F)(F)F)c2)c1. The van der Waals surface area contributed by atoms with Crippen molar-refractivity contribution in [1.29, 1.82) is 0 Å². The average Bonchev–Trinajstić information content (AvgIpc) is 2.99. The van der Waals surface area contributed by atoms with Gasteiger partial charge in [-0.25, -0.2) is 13.8 Å². The first kappa shape index (κ1) is 24.0. The Bertz CT molecular complexity index is 1330. The Kier molecular flexibility index (Phi) is 6.58. The summed E-state index contributed by atoms with van der Waals surface area (Å²) in [5, 5.41) is 8.13. The molecule has 0 bridgehead atoms.